The average Bonchev–Trinajstić information content (AvgIpc) is 2.73. The van der Waals surface area contributed by atoms with Gasteiger partial charge in [0.15, 0.2) is 0 Å². The number of carbonyl (C=O) groups is 1. The molecule has 2 aromatic carbocycles. The number of rotatable bonds is 3. The molecule has 0 aliphatic carbocycles. The van der Waals surface area contributed by atoms with Gasteiger partial charge in [-0.2, -0.15) is 4.31 Å². The standard InChI is InChI=1S/C22H26N2O3S/c1-17-8-4-5-15-24(17)28(26,27)20-12-6-10-19(16-20)22(25)23-14-7-11-18-9-2-3-13-21(18)23/h2-3,6,9-10,12-13,16-17H,4-5,7-8,11,14-15H2,1H3. The number of carbonyl (C=O) groups excluding carboxylic acids is 1. The Balaban J connectivity index is 1.65. The second-order valence-corrected chi connectivity index (χ2v) is 9.57. The van der Waals surface area contributed by atoms with E-state index in [-0.39, 0.29) is 16.8 Å². The lowest BCUT2D eigenvalue weighted by Gasteiger charge is -2.32. The van der Waals surface area contributed by atoms with Crippen molar-refractivity contribution >= 4 is 21.6 Å². The normalized spacial score (nSPS) is 20.6. The van der Waals surface area contributed by atoms with E-state index in [1.54, 1.807) is 27.4 Å². The van der Waals surface area contributed by atoms with Gasteiger partial charge in [-0.1, -0.05) is 30.7 Å². The van der Waals surface area contributed by atoms with Gasteiger partial charge in [0.05, 0.1) is 4.90 Å². The molecule has 28 heavy (non-hydrogen) atoms. The molecule has 0 radical (unpaired) electrons. The molecule has 1 fully saturated rings. The van der Waals surface area contributed by atoms with Crippen LogP contribution in [0, 0.1) is 0 Å². The van der Waals surface area contributed by atoms with E-state index in [4.69, 9.17) is 0 Å². The van der Waals surface area contributed by atoms with Crippen LogP contribution in [0.4, 0.5) is 5.69 Å². The zero-order valence-electron chi connectivity index (χ0n) is 16.2. The highest BCUT2D eigenvalue weighted by Crippen LogP contribution is 2.29. The molecule has 148 valence electrons. The molecule has 1 saturated heterocycles. The fourth-order valence-corrected chi connectivity index (χ4v) is 6.00. The van der Waals surface area contributed by atoms with Gasteiger partial charge in [0.2, 0.25) is 10.0 Å². The van der Waals surface area contributed by atoms with Gasteiger partial charge < -0.3 is 4.90 Å². The number of para-hydroxylation sites is 1. The summed E-state index contributed by atoms with van der Waals surface area (Å²) in [6, 6.07) is 14.4. The van der Waals surface area contributed by atoms with E-state index in [9.17, 15) is 13.2 Å². The molecular weight excluding hydrogens is 372 g/mol. The number of benzene rings is 2. The lowest BCUT2D eigenvalue weighted by Crippen LogP contribution is -2.42. The number of anilines is 1. The smallest absolute Gasteiger partial charge is 0.258 e. The van der Waals surface area contributed by atoms with Crippen molar-refractivity contribution in [3.05, 3.63) is 59.7 Å². The molecular formula is C22H26N2O3S. The van der Waals surface area contributed by atoms with Crippen molar-refractivity contribution in [1.82, 2.24) is 4.31 Å². The van der Waals surface area contributed by atoms with Gasteiger partial charge in [0, 0.05) is 30.4 Å². The summed E-state index contributed by atoms with van der Waals surface area (Å²) in [6.45, 7) is 3.15. The molecule has 2 aliphatic rings. The molecule has 2 aromatic rings. The molecule has 1 unspecified atom stereocenters. The highest BCUT2D eigenvalue weighted by molar-refractivity contribution is 7.89. The molecule has 6 heteroatoms. The Labute approximate surface area is 167 Å². The zero-order valence-corrected chi connectivity index (χ0v) is 17.0. The summed E-state index contributed by atoms with van der Waals surface area (Å²) in [7, 11) is -3.60. The van der Waals surface area contributed by atoms with Crippen molar-refractivity contribution in [3.63, 3.8) is 0 Å². The van der Waals surface area contributed by atoms with Crippen molar-refractivity contribution in [2.75, 3.05) is 18.0 Å². The van der Waals surface area contributed by atoms with Crippen molar-refractivity contribution in [2.24, 2.45) is 0 Å². The Morgan fingerprint density at radius 2 is 1.82 bits per heavy atom. The number of piperidine rings is 1. The number of sulfonamides is 1. The molecule has 0 saturated carbocycles. The summed E-state index contributed by atoms with van der Waals surface area (Å²) in [4.78, 5) is 15.2. The third-order valence-electron chi connectivity index (χ3n) is 5.78. The fourth-order valence-electron chi connectivity index (χ4n) is 4.25. The minimum atomic E-state index is -3.60. The quantitative estimate of drug-likeness (QED) is 0.789. The number of hydrogen-bond acceptors (Lipinski definition) is 3. The van der Waals surface area contributed by atoms with Crippen molar-refractivity contribution in [1.29, 1.82) is 0 Å². The van der Waals surface area contributed by atoms with Crippen LogP contribution in [0.3, 0.4) is 0 Å². The third kappa shape index (κ3) is 3.47. The van der Waals surface area contributed by atoms with E-state index >= 15 is 0 Å². The molecule has 0 spiro atoms. The molecule has 1 atom stereocenters. The SMILES string of the molecule is CC1CCCCN1S(=O)(=O)c1cccc(C(=O)N2CCCc3ccccc32)c1. The molecule has 2 heterocycles. The van der Waals surface area contributed by atoms with Gasteiger partial charge in [-0.25, -0.2) is 8.42 Å². The molecule has 4 rings (SSSR count). The second-order valence-electron chi connectivity index (χ2n) is 7.68. The molecule has 0 N–H and O–H groups in total. The topological polar surface area (TPSA) is 57.7 Å². The largest absolute Gasteiger partial charge is 0.308 e. The first kappa shape index (κ1) is 19.2. The molecule has 1 amide bonds. The summed E-state index contributed by atoms with van der Waals surface area (Å²) >= 11 is 0. The maximum absolute atomic E-state index is 13.2. The van der Waals surface area contributed by atoms with E-state index in [2.05, 4.69) is 0 Å². The Kier molecular flexibility index (Phi) is 5.25. The number of hydrogen-bond donors (Lipinski definition) is 0. The van der Waals surface area contributed by atoms with Crippen LogP contribution in [-0.4, -0.2) is 37.8 Å². The second kappa shape index (κ2) is 7.68. The first-order chi connectivity index (χ1) is 13.5. The van der Waals surface area contributed by atoms with E-state index in [0.717, 1.165) is 43.4 Å². The first-order valence-electron chi connectivity index (χ1n) is 10.00. The minimum absolute atomic E-state index is 0.00733. The monoisotopic (exact) mass is 398 g/mol. The molecule has 2 aliphatic heterocycles. The highest BCUT2D eigenvalue weighted by Gasteiger charge is 2.32. The molecule has 0 bridgehead atoms. The summed E-state index contributed by atoms with van der Waals surface area (Å²) < 4.78 is 27.9. The average molecular weight is 399 g/mol. The van der Waals surface area contributed by atoms with Gasteiger partial charge >= 0.3 is 0 Å². The van der Waals surface area contributed by atoms with Gasteiger partial charge in [-0.3, -0.25) is 4.79 Å². The molecule has 5 nitrogen and oxygen atoms in total. The third-order valence-corrected chi connectivity index (χ3v) is 7.79. The predicted octanol–water partition coefficient (Wildman–Crippen LogP) is 3.84. The van der Waals surface area contributed by atoms with Crippen LogP contribution in [0.25, 0.3) is 0 Å². The zero-order chi connectivity index (χ0) is 19.7. The van der Waals surface area contributed by atoms with Crippen LogP contribution in [0.5, 0.6) is 0 Å². The number of nitrogens with zero attached hydrogens (tertiary/aromatic N) is 2. The number of fused-ring (bicyclic) bond motifs is 1. The Morgan fingerprint density at radius 3 is 2.64 bits per heavy atom. The summed E-state index contributed by atoms with van der Waals surface area (Å²) in [5, 5.41) is 0. The van der Waals surface area contributed by atoms with Crippen LogP contribution >= 0.6 is 0 Å². The van der Waals surface area contributed by atoms with Gasteiger partial charge in [0.25, 0.3) is 5.91 Å². The summed E-state index contributed by atoms with van der Waals surface area (Å²) in [5.74, 6) is -0.143. The maximum atomic E-state index is 13.2. The van der Waals surface area contributed by atoms with Crippen LogP contribution in [0.15, 0.2) is 53.4 Å². The van der Waals surface area contributed by atoms with Gasteiger partial charge in [-0.15, -0.1) is 0 Å². The summed E-state index contributed by atoms with van der Waals surface area (Å²) in [6.07, 6.45) is 4.68. The lowest BCUT2D eigenvalue weighted by molar-refractivity contribution is 0.0985. The maximum Gasteiger partial charge on any atom is 0.258 e. The number of aryl methyl sites for hydroxylation is 1. The van der Waals surface area contributed by atoms with Gasteiger partial charge in [-0.05, 0) is 62.4 Å². The van der Waals surface area contributed by atoms with Crippen molar-refractivity contribution in [3.8, 4) is 0 Å². The first-order valence-corrected chi connectivity index (χ1v) is 11.4. The van der Waals surface area contributed by atoms with Crippen LogP contribution < -0.4 is 4.90 Å². The molecule has 0 aromatic heterocycles. The van der Waals surface area contributed by atoms with Crippen molar-refractivity contribution in [2.45, 2.75) is 50.0 Å². The van der Waals surface area contributed by atoms with Crippen LogP contribution in [0.1, 0.15) is 48.5 Å². The van der Waals surface area contributed by atoms with Crippen molar-refractivity contribution < 1.29 is 13.2 Å². The number of amides is 1. The van der Waals surface area contributed by atoms with E-state index in [1.165, 1.54) is 6.07 Å². The fraction of sp³-hybridized carbons (Fsp3) is 0.409. The summed E-state index contributed by atoms with van der Waals surface area (Å²) in [5.41, 5.74) is 2.51. The Bertz CT molecular complexity index is 987. The lowest BCUT2D eigenvalue weighted by atomic mass is 10.0. The van der Waals surface area contributed by atoms with Crippen LogP contribution in [0.2, 0.25) is 0 Å². The van der Waals surface area contributed by atoms with E-state index in [1.807, 2.05) is 31.2 Å². The predicted molar refractivity (Wildman–Crippen MR) is 110 cm³/mol. The van der Waals surface area contributed by atoms with Crippen LogP contribution in [-0.2, 0) is 16.4 Å². The van der Waals surface area contributed by atoms with E-state index < -0.39 is 10.0 Å². The Morgan fingerprint density at radius 1 is 1.00 bits per heavy atom. The highest BCUT2D eigenvalue weighted by atomic mass is 32.2. The Hall–Kier alpha value is -2.18. The minimum Gasteiger partial charge on any atom is -0.308 e. The van der Waals surface area contributed by atoms with Gasteiger partial charge in [0.1, 0.15) is 0 Å². The van der Waals surface area contributed by atoms with E-state index in [0.29, 0.717) is 18.7 Å².